The largest absolute Gasteiger partial charge is 0.444 e. The van der Waals surface area contributed by atoms with E-state index < -0.39 is 17.7 Å². The maximum absolute atomic E-state index is 13.0. The van der Waals surface area contributed by atoms with Gasteiger partial charge < -0.3 is 43.4 Å². The van der Waals surface area contributed by atoms with E-state index in [1.54, 1.807) is 92.7 Å². The smallest absolute Gasteiger partial charge is 0.277 e. The van der Waals surface area contributed by atoms with Gasteiger partial charge in [0.25, 0.3) is 17.7 Å². The Morgan fingerprint density at radius 3 is 1.23 bits per heavy atom. The van der Waals surface area contributed by atoms with E-state index in [0.717, 1.165) is 117 Å². The number of morpholine rings is 1. The number of ether oxygens (including phenoxy) is 3. The summed E-state index contributed by atoms with van der Waals surface area (Å²) in [5.74, 6) is 0.603. The molecule has 12 aromatic rings. The molecule has 3 amide bonds. The summed E-state index contributed by atoms with van der Waals surface area (Å²) < 4.78 is 39.1. The summed E-state index contributed by atoms with van der Waals surface area (Å²) in [5.41, 5.74) is 6.20. The van der Waals surface area contributed by atoms with E-state index in [4.69, 9.17) is 42.8 Å². The molecule has 34 heteroatoms. The Labute approximate surface area is 582 Å². The Balaban J connectivity index is 0.000000130. The molecular formula is C68H75N25O9. The molecule has 34 nitrogen and oxygen atoms in total. The Morgan fingerprint density at radius 1 is 0.471 bits per heavy atom. The molecule has 12 aromatic heterocycles. The van der Waals surface area contributed by atoms with Crippen molar-refractivity contribution < 1.29 is 41.8 Å². The summed E-state index contributed by atoms with van der Waals surface area (Å²) in [4.78, 5) is 80.1. The number of nitrogens with one attached hydrogen (secondary N) is 6. The zero-order chi connectivity index (χ0) is 69.6. The molecule has 0 spiro atoms. The molecule has 4 aliphatic rings. The summed E-state index contributed by atoms with van der Waals surface area (Å²) in [5, 5.41) is 42.8. The van der Waals surface area contributed by atoms with Crippen molar-refractivity contribution in [2.24, 2.45) is 0 Å². The van der Waals surface area contributed by atoms with Crippen molar-refractivity contribution in [1.82, 2.24) is 110 Å². The van der Waals surface area contributed by atoms with Crippen LogP contribution in [0.2, 0.25) is 0 Å². The second-order valence-electron chi connectivity index (χ2n) is 24.7. The van der Waals surface area contributed by atoms with Crippen LogP contribution in [0.4, 0.5) is 17.1 Å². The predicted molar refractivity (Wildman–Crippen MR) is 365 cm³/mol. The van der Waals surface area contributed by atoms with Crippen molar-refractivity contribution in [3.8, 4) is 68.8 Å². The number of hydrogen-bond donors (Lipinski definition) is 6. The van der Waals surface area contributed by atoms with E-state index in [1.165, 1.54) is 18.8 Å². The quantitative estimate of drug-likeness (QED) is 0.0413. The first-order valence-corrected chi connectivity index (χ1v) is 34.1. The Kier molecular flexibility index (Phi) is 21.3. The van der Waals surface area contributed by atoms with Crippen LogP contribution in [0.5, 0.6) is 0 Å². The number of oxazole rings is 3. The number of carbonyl (C=O) groups excluding carboxylic acids is 3. The van der Waals surface area contributed by atoms with Crippen molar-refractivity contribution in [3.05, 3.63) is 147 Å². The third kappa shape index (κ3) is 16.2. The number of nitrogens with zero attached hydrogens (tertiary/aromatic N) is 19. The second-order valence-corrected chi connectivity index (χ2v) is 24.7. The van der Waals surface area contributed by atoms with Crippen molar-refractivity contribution >= 4 is 34.8 Å². The van der Waals surface area contributed by atoms with Crippen molar-refractivity contribution in [2.75, 3.05) is 55.5 Å². The Bertz CT molecular complexity index is 4410. The first-order chi connectivity index (χ1) is 50.2. The second kappa shape index (κ2) is 32.1. The number of hydrogen-bond acceptors (Lipinski definition) is 25. The van der Waals surface area contributed by atoms with Crippen LogP contribution in [-0.4, -0.2) is 185 Å². The van der Waals surface area contributed by atoms with Gasteiger partial charge in [-0.2, -0.15) is 30.6 Å². The Morgan fingerprint density at radius 2 is 0.853 bits per heavy atom. The summed E-state index contributed by atoms with van der Waals surface area (Å²) in [6.45, 7) is 9.15. The lowest BCUT2D eigenvalue weighted by Crippen LogP contribution is -2.45. The third-order valence-electron chi connectivity index (χ3n) is 18.2. The third-order valence-corrected chi connectivity index (χ3v) is 18.2. The number of aromatic amines is 3. The van der Waals surface area contributed by atoms with E-state index in [9.17, 15) is 14.4 Å². The highest BCUT2D eigenvalue weighted by molar-refractivity contribution is 6.06. The lowest BCUT2D eigenvalue weighted by Gasteiger charge is -2.38. The molecule has 6 N–H and O–H groups in total. The van der Waals surface area contributed by atoms with Crippen molar-refractivity contribution in [2.45, 2.75) is 127 Å². The molecule has 0 radical (unpaired) electrons. The first-order valence-electron chi connectivity index (χ1n) is 34.1. The fraction of sp³-hybridized carbons (Fsp3) is 0.382. The molecule has 0 aromatic carbocycles. The number of aromatic nitrogens is 21. The van der Waals surface area contributed by atoms with Gasteiger partial charge in [0.05, 0.1) is 102 Å². The molecular weight excluding hydrogens is 1310 g/mol. The minimum Gasteiger partial charge on any atom is -0.444 e. The molecule has 1 aliphatic heterocycles. The van der Waals surface area contributed by atoms with Gasteiger partial charge in [0.15, 0.2) is 40.1 Å². The number of anilines is 3. The Hall–Kier alpha value is -11.6. The molecule has 3 saturated carbocycles. The zero-order valence-corrected chi connectivity index (χ0v) is 56.0. The standard InChI is InChI=1S/C24H27N9O3.2C22H24N8O3/c34-23(20-15-36-24(30-20)16-12-27-28-13-16)29-19-14-33(31-21(19)22-25-6-1-7-26-22)18-4-2-17(3-5-18)32-8-10-35-11-9-32;1-2-32-16-6-4-15(5-7-16)30-12-17(19(29-30)20-23-8-3-9-24-20)27-21(31)18-13-33-22(28-18)14-10-25-26-11-14;1-2-32-16-5-3-15(4-6-16)30-12-18(20(29-30)17-11-23-7-8-24-17)27-21(31)19-13-33-22(28-19)14-9-25-26-10-14/h1,6-7,12-15,17-18H,2-5,8-11H2,(H,27,28)(H,29,34);3,8-13,15-16H,2,4-7H2,1H3,(H,25,26)(H,27,31);7-13,15-16H,2-6H2,1H3,(H,25,26)(H,27,31). The lowest BCUT2D eigenvalue weighted by molar-refractivity contribution is 0.00507. The van der Waals surface area contributed by atoms with Crippen LogP contribution in [0.3, 0.4) is 0 Å². The molecule has 526 valence electrons. The van der Waals surface area contributed by atoms with Crippen LogP contribution < -0.4 is 16.0 Å². The van der Waals surface area contributed by atoms with Crippen LogP contribution in [-0.2, 0) is 14.2 Å². The molecule has 3 aliphatic carbocycles. The molecule has 0 unspecified atom stereocenters. The topological polar surface area (TPSA) is 413 Å². The molecule has 16 rings (SSSR count). The maximum Gasteiger partial charge on any atom is 0.277 e. The molecule has 4 fully saturated rings. The van der Waals surface area contributed by atoms with Crippen molar-refractivity contribution in [1.29, 1.82) is 0 Å². The van der Waals surface area contributed by atoms with Gasteiger partial charge in [-0.25, -0.2) is 34.9 Å². The van der Waals surface area contributed by atoms with Crippen LogP contribution in [0, 0.1) is 0 Å². The number of amides is 3. The van der Waals surface area contributed by atoms with E-state index >= 15 is 0 Å². The monoisotopic (exact) mass is 1390 g/mol. The van der Waals surface area contributed by atoms with Crippen molar-refractivity contribution in [3.63, 3.8) is 0 Å². The van der Waals surface area contributed by atoms with E-state index in [0.29, 0.717) is 104 Å². The highest BCUT2D eigenvalue weighted by Gasteiger charge is 2.32. The van der Waals surface area contributed by atoms with E-state index in [1.807, 2.05) is 46.5 Å². The molecule has 0 bridgehead atoms. The average molecular weight is 1390 g/mol. The molecule has 0 atom stereocenters. The van der Waals surface area contributed by atoms with Crippen LogP contribution >= 0.6 is 0 Å². The van der Waals surface area contributed by atoms with Gasteiger partial charge in [-0.3, -0.25) is 58.6 Å². The van der Waals surface area contributed by atoms with E-state index in [2.05, 4.69) is 96.3 Å². The highest BCUT2D eigenvalue weighted by atomic mass is 16.5. The van der Waals surface area contributed by atoms with Gasteiger partial charge in [-0.15, -0.1) is 0 Å². The zero-order valence-electron chi connectivity index (χ0n) is 56.0. The van der Waals surface area contributed by atoms with Crippen LogP contribution in [0.15, 0.2) is 143 Å². The lowest BCUT2D eigenvalue weighted by atomic mass is 9.90. The minimum absolute atomic E-state index is 0.149. The van der Waals surface area contributed by atoms with Crippen LogP contribution in [0.25, 0.3) is 68.8 Å². The first kappa shape index (κ1) is 67.6. The van der Waals surface area contributed by atoms with Gasteiger partial charge >= 0.3 is 0 Å². The van der Waals surface area contributed by atoms with Gasteiger partial charge in [0.2, 0.25) is 17.7 Å². The van der Waals surface area contributed by atoms with Gasteiger partial charge in [0.1, 0.15) is 30.2 Å². The fourth-order valence-electron chi connectivity index (χ4n) is 13.0. The van der Waals surface area contributed by atoms with Gasteiger partial charge in [-0.1, -0.05) is 0 Å². The van der Waals surface area contributed by atoms with Crippen LogP contribution in [0.1, 0.15) is 140 Å². The minimum atomic E-state index is -0.412. The maximum atomic E-state index is 13.0. The molecule has 1 saturated heterocycles. The summed E-state index contributed by atoms with van der Waals surface area (Å²) in [7, 11) is 0. The number of H-pyrrole nitrogens is 3. The fourth-order valence-corrected chi connectivity index (χ4v) is 13.0. The van der Waals surface area contributed by atoms with E-state index in [-0.39, 0.29) is 35.2 Å². The highest BCUT2D eigenvalue weighted by Crippen LogP contribution is 2.38. The predicted octanol–water partition coefficient (Wildman–Crippen LogP) is 9.77. The summed E-state index contributed by atoms with van der Waals surface area (Å²) in [6.07, 6.45) is 43.2. The van der Waals surface area contributed by atoms with Gasteiger partial charge in [0, 0.05) is 107 Å². The number of carbonyl (C=O) groups is 3. The van der Waals surface area contributed by atoms with Gasteiger partial charge in [-0.05, 0) is 103 Å². The molecule has 102 heavy (non-hydrogen) atoms. The average Bonchev–Trinajstić information content (AvgIpc) is 1.66. The molecule has 13 heterocycles. The summed E-state index contributed by atoms with van der Waals surface area (Å²) >= 11 is 0. The number of rotatable bonds is 20. The normalized spacial score (nSPS) is 19.2. The summed E-state index contributed by atoms with van der Waals surface area (Å²) in [6, 6.07) is 4.76. The SMILES string of the molecule is CCOC1CCC(n2cc(NC(=O)c3coc(-c4cn[nH]c4)n3)c(-c3cnccn3)n2)CC1.CCOC1CCC(n2cc(NC(=O)c3coc(-c4cn[nH]c4)n3)c(-c3ncccn3)n2)CC1.O=C(Nc1cn(C2CCC(N3CCOCC3)CC2)nc1-c1ncccn1)c1coc(-c2cn[nH]c2)n1.